The number of aromatic nitrogens is 2. The number of aromatic amines is 1. The maximum absolute atomic E-state index is 13.6. The molecule has 2 N–H and O–H groups in total. The number of rotatable bonds is 5. The van der Waals surface area contributed by atoms with Crippen molar-refractivity contribution < 1.29 is 8.78 Å². The first-order chi connectivity index (χ1) is 9.11. The summed E-state index contributed by atoms with van der Waals surface area (Å²) in [6.07, 6.45) is 2.46. The largest absolute Gasteiger partial charge is 0.341 e. The number of halogens is 2. The molecule has 0 bridgehead atoms. The van der Waals surface area contributed by atoms with Gasteiger partial charge in [-0.3, -0.25) is 0 Å². The van der Waals surface area contributed by atoms with E-state index in [1.54, 1.807) is 0 Å². The average Bonchev–Trinajstić information content (AvgIpc) is 2.84. The number of nitrogens with zero attached hydrogens (tertiary/aromatic N) is 1. The van der Waals surface area contributed by atoms with Crippen LogP contribution in [0.3, 0.4) is 0 Å². The van der Waals surface area contributed by atoms with Gasteiger partial charge in [0.05, 0.1) is 24.0 Å². The van der Waals surface area contributed by atoms with Crippen molar-refractivity contribution in [2.24, 2.45) is 0 Å². The third kappa shape index (κ3) is 3.17. The van der Waals surface area contributed by atoms with Crippen LogP contribution in [-0.2, 0) is 6.54 Å². The minimum Gasteiger partial charge on any atom is -0.341 e. The topological polar surface area (TPSA) is 40.7 Å². The van der Waals surface area contributed by atoms with Gasteiger partial charge in [0.1, 0.15) is 17.5 Å². The molecule has 2 rings (SSSR count). The Bertz CT molecular complexity index is 531. The summed E-state index contributed by atoms with van der Waals surface area (Å²) < 4.78 is 27.2. The lowest BCUT2D eigenvalue weighted by atomic mass is 10.1. The van der Waals surface area contributed by atoms with Crippen LogP contribution in [0.25, 0.3) is 11.3 Å². The molecule has 2 aromatic rings. The monoisotopic (exact) mass is 265 g/mol. The SMILES string of the molecule is CCC(C)NCc1ncc(-c2c(F)cccc2F)[nH]1. The summed E-state index contributed by atoms with van der Waals surface area (Å²) in [7, 11) is 0. The predicted octanol–water partition coefficient (Wildman–Crippen LogP) is 3.24. The third-order valence-corrected chi connectivity index (χ3v) is 3.09. The Morgan fingerprint density at radius 2 is 2.00 bits per heavy atom. The van der Waals surface area contributed by atoms with Gasteiger partial charge in [0.2, 0.25) is 0 Å². The van der Waals surface area contributed by atoms with Crippen molar-refractivity contribution in [2.45, 2.75) is 32.9 Å². The molecule has 1 aromatic heterocycles. The van der Waals surface area contributed by atoms with E-state index in [-0.39, 0.29) is 5.56 Å². The van der Waals surface area contributed by atoms with E-state index in [2.05, 4.69) is 29.1 Å². The molecule has 1 aromatic carbocycles. The van der Waals surface area contributed by atoms with Crippen LogP contribution in [0.2, 0.25) is 0 Å². The molecular formula is C14H17F2N3. The zero-order valence-corrected chi connectivity index (χ0v) is 11.0. The Labute approximate surface area is 111 Å². The summed E-state index contributed by atoms with van der Waals surface area (Å²) in [4.78, 5) is 7.07. The first kappa shape index (κ1) is 13.7. The lowest BCUT2D eigenvalue weighted by Crippen LogP contribution is -2.24. The van der Waals surface area contributed by atoms with Crippen LogP contribution in [0.4, 0.5) is 8.78 Å². The van der Waals surface area contributed by atoms with Gasteiger partial charge in [-0.15, -0.1) is 0 Å². The highest BCUT2D eigenvalue weighted by atomic mass is 19.1. The number of hydrogen-bond acceptors (Lipinski definition) is 2. The second-order valence-electron chi connectivity index (χ2n) is 4.53. The van der Waals surface area contributed by atoms with Crippen molar-refractivity contribution in [3.63, 3.8) is 0 Å². The molecule has 3 nitrogen and oxygen atoms in total. The van der Waals surface area contributed by atoms with Gasteiger partial charge in [0, 0.05) is 6.04 Å². The van der Waals surface area contributed by atoms with Gasteiger partial charge in [-0.25, -0.2) is 13.8 Å². The zero-order chi connectivity index (χ0) is 13.8. The summed E-state index contributed by atoms with van der Waals surface area (Å²) in [5.41, 5.74) is 0.293. The van der Waals surface area contributed by atoms with Crippen molar-refractivity contribution in [3.8, 4) is 11.3 Å². The van der Waals surface area contributed by atoms with Crippen molar-refractivity contribution >= 4 is 0 Å². The summed E-state index contributed by atoms with van der Waals surface area (Å²) >= 11 is 0. The Morgan fingerprint density at radius 1 is 1.32 bits per heavy atom. The second kappa shape index (κ2) is 5.93. The van der Waals surface area contributed by atoms with Crippen LogP contribution in [0, 0.1) is 11.6 Å². The van der Waals surface area contributed by atoms with E-state index in [0.717, 1.165) is 6.42 Å². The van der Waals surface area contributed by atoms with Gasteiger partial charge in [-0.1, -0.05) is 13.0 Å². The maximum Gasteiger partial charge on any atom is 0.135 e. The molecular weight excluding hydrogens is 248 g/mol. The number of imidazole rings is 1. The second-order valence-corrected chi connectivity index (χ2v) is 4.53. The smallest absolute Gasteiger partial charge is 0.135 e. The molecule has 0 amide bonds. The zero-order valence-electron chi connectivity index (χ0n) is 11.0. The van der Waals surface area contributed by atoms with Crippen LogP contribution in [0.1, 0.15) is 26.1 Å². The summed E-state index contributed by atoms with van der Waals surface area (Å²) in [6, 6.07) is 4.18. The maximum atomic E-state index is 13.6. The Balaban J connectivity index is 2.17. The normalized spacial score (nSPS) is 12.6. The molecule has 1 unspecified atom stereocenters. The summed E-state index contributed by atoms with van der Waals surface area (Å²) in [5, 5.41) is 3.26. The summed E-state index contributed by atoms with van der Waals surface area (Å²) in [5.74, 6) is -0.520. The predicted molar refractivity (Wildman–Crippen MR) is 70.5 cm³/mol. The molecule has 0 spiro atoms. The van der Waals surface area contributed by atoms with E-state index < -0.39 is 11.6 Å². The molecule has 0 saturated carbocycles. The van der Waals surface area contributed by atoms with Gasteiger partial charge in [-0.05, 0) is 25.5 Å². The van der Waals surface area contributed by atoms with E-state index in [1.807, 2.05) is 0 Å². The van der Waals surface area contributed by atoms with Crippen molar-refractivity contribution in [3.05, 3.63) is 41.9 Å². The highest BCUT2D eigenvalue weighted by molar-refractivity contribution is 5.60. The van der Waals surface area contributed by atoms with E-state index in [9.17, 15) is 8.78 Å². The molecule has 0 saturated heterocycles. The molecule has 5 heteroatoms. The highest BCUT2D eigenvalue weighted by Gasteiger charge is 2.13. The summed E-state index contributed by atoms with van der Waals surface area (Å²) in [6.45, 7) is 4.70. The van der Waals surface area contributed by atoms with Crippen LogP contribution < -0.4 is 5.32 Å². The molecule has 1 heterocycles. The van der Waals surface area contributed by atoms with Gasteiger partial charge in [-0.2, -0.15) is 0 Å². The van der Waals surface area contributed by atoms with Crippen LogP contribution >= 0.6 is 0 Å². The number of nitrogens with one attached hydrogen (secondary N) is 2. The van der Waals surface area contributed by atoms with Crippen LogP contribution in [0.5, 0.6) is 0 Å². The third-order valence-electron chi connectivity index (χ3n) is 3.09. The van der Waals surface area contributed by atoms with Gasteiger partial charge >= 0.3 is 0 Å². The van der Waals surface area contributed by atoms with E-state index in [4.69, 9.17) is 0 Å². The van der Waals surface area contributed by atoms with Crippen molar-refractivity contribution in [1.82, 2.24) is 15.3 Å². The Kier molecular flexibility index (Phi) is 4.27. The van der Waals surface area contributed by atoms with Gasteiger partial charge < -0.3 is 10.3 Å². The lowest BCUT2D eigenvalue weighted by Gasteiger charge is -2.09. The van der Waals surface area contributed by atoms with Crippen molar-refractivity contribution in [2.75, 3.05) is 0 Å². The first-order valence-corrected chi connectivity index (χ1v) is 6.33. The van der Waals surface area contributed by atoms with Crippen molar-refractivity contribution in [1.29, 1.82) is 0 Å². The Hall–Kier alpha value is -1.75. The Morgan fingerprint density at radius 3 is 2.63 bits per heavy atom. The molecule has 0 aliphatic heterocycles. The standard InChI is InChI=1S/C14H17F2N3/c1-3-9(2)17-8-13-18-7-12(19-13)14-10(15)5-4-6-11(14)16/h4-7,9,17H,3,8H2,1-2H3,(H,18,19). The minimum atomic E-state index is -0.593. The molecule has 0 radical (unpaired) electrons. The molecule has 0 aliphatic carbocycles. The molecule has 102 valence electrons. The highest BCUT2D eigenvalue weighted by Crippen LogP contribution is 2.24. The molecule has 1 atom stereocenters. The van der Waals surface area contributed by atoms with Gasteiger partial charge in [0.15, 0.2) is 0 Å². The lowest BCUT2D eigenvalue weighted by molar-refractivity contribution is 0.525. The number of benzene rings is 1. The van der Waals surface area contributed by atoms with Gasteiger partial charge in [0.25, 0.3) is 0 Å². The minimum absolute atomic E-state index is 0.0650. The molecule has 0 aliphatic rings. The van der Waals surface area contributed by atoms with E-state index in [0.29, 0.717) is 24.1 Å². The van der Waals surface area contributed by atoms with E-state index in [1.165, 1.54) is 24.4 Å². The van der Waals surface area contributed by atoms with Crippen LogP contribution in [0.15, 0.2) is 24.4 Å². The molecule has 19 heavy (non-hydrogen) atoms. The quantitative estimate of drug-likeness (QED) is 0.871. The van der Waals surface area contributed by atoms with E-state index >= 15 is 0 Å². The fourth-order valence-corrected chi connectivity index (χ4v) is 1.75. The average molecular weight is 265 g/mol. The number of hydrogen-bond donors (Lipinski definition) is 2. The molecule has 0 fully saturated rings. The fraction of sp³-hybridized carbons (Fsp3) is 0.357. The number of H-pyrrole nitrogens is 1. The van der Waals surface area contributed by atoms with Crippen LogP contribution in [-0.4, -0.2) is 16.0 Å². The fourth-order valence-electron chi connectivity index (χ4n) is 1.75. The first-order valence-electron chi connectivity index (χ1n) is 6.33.